The van der Waals surface area contributed by atoms with Crippen molar-refractivity contribution in [2.75, 3.05) is 13.2 Å². The van der Waals surface area contributed by atoms with Crippen LogP contribution in [0.5, 0.6) is 5.75 Å². The standard InChI is InChI=1S/C16H17NO3/c18-11-10-17-16(19)15-9-5-4-6-13(15)12-20-14-7-2-1-3-8-14/h1-9,18H,10-12H2,(H,17,19). The number of carbonyl (C=O) groups is 1. The van der Waals surface area contributed by atoms with E-state index in [-0.39, 0.29) is 19.1 Å². The zero-order valence-electron chi connectivity index (χ0n) is 11.1. The molecule has 0 saturated carbocycles. The van der Waals surface area contributed by atoms with Gasteiger partial charge in [-0.1, -0.05) is 36.4 Å². The van der Waals surface area contributed by atoms with Gasteiger partial charge in [0.25, 0.3) is 5.91 Å². The number of aliphatic hydroxyl groups excluding tert-OH is 1. The Morgan fingerprint density at radius 3 is 2.50 bits per heavy atom. The van der Waals surface area contributed by atoms with Crippen molar-refractivity contribution >= 4 is 5.91 Å². The molecule has 104 valence electrons. The SMILES string of the molecule is O=C(NCCO)c1ccccc1COc1ccccc1. The number of ether oxygens (including phenoxy) is 1. The Bertz CT molecular complexity index is 555. The topological polar surface area (TPSA) is 58.6 Å². The number of amides is 1. The van der Waals surface area contributed by atoms with Gasteiger partial charge in [0.15, 0.2) is 0 Å². The molecule has 20 heavy (non-hydrogen) atoms. The van der Waals surface area contributed by atoms with E-state index < -0.39 is 0 Å². The van der Waals surface area contributed by atoms with Gasteiger partial charge in [0.05, 0.1) is 6.61 Å². The predicted molar refractivity (Wildman–Crippen MR) is 76.6 cm³/mol. The van der Waals surface area contributed by atoms with Gasteiger partial charge in [0.2, 0.25) is 0 Å². The normalized spacial score (nSPS) is 10.1. The van der Waals surface area contributed by atoms with Gasteiger partial charge in [-0.15, -0.1) is 0 Å². The number of carbonyl (C=O) groups excluding carboxylic acids is 1. The first kappa shape index (κ1) is 14.1. The maximum absolute atomic E-state index is 12.0. The minimum atomic E-state index is -0.202. The van der Waals surface area contributed by atoms with Crippen molar-refractivity contribution in [3.8, 4) is 5.75 Å². The van der Waals surface area contributed by atoms with E-state index in [1.807, 2.05) is 42.5 Å². The Balaban J connectivity index is 2.06. The smallest absolute Gasteiger partial charge is 0.251 e. The zero-order chi connectivity index (χ0) is 14.2. The van der Waals surface area contributed by atoms with Crippen LogP contribution in [0.25, 0.3) is 0 Å². The summed E-state index contributed by atoms with van der Waals surface area (Å²) in [6, 6.07) is 16.7. The highest BCUT2D eigenvalue weighted by atomic mass is 16.5. The molecule has 4 heteroatoms. The molecule has 0 spiro atoms. The first-order chi connectivity index (χ1) is 9.81. The predicted octanol–water partition coefficient (Wildman–Crippen LogP) is 1.99. The summed E-state index contributed by atoms with van der Waals surface area (Å²) in [6.45, 7) is 0.494. The van der Waals surface area contributed by atoms with Gasteiger partial charge in [-0.25, -0.2) is 0 Å². The van der Waals surface area contributed by atoms with Gasteiger partial charge in [-0.2, -0.15) is 0 Å². The average molecular weight is 271 g/mol. The van der Waals surface area contributed by atoms with Crippen LogP contribution in [-0.4, -0.2) is 24.2 Å². The van der Waals surface area contributed by atoms with E-state index in [0.717, 1.165) is 11.3 Å². The van der Waals surface area contributed by atoms with E-state index in [4.69, 9.17) is 9.84 Å². The van der Waals surface area contributed by atoms with Gasteiger partial charge >= 0.3 is 0 Å². The van der Waals surface area contributed by atoms with Crippen molar-refractivity contribution in [1.29, 1.82) is 0 Å². The summed E-state index contributed by atoms with van der Waals surface area (Å²) in [5, 5.41) is 11.4. The van der Waals surface area contributed by atoms with Crippen molar-refractivity contribution < 1.29 is 14.6 Å². The molecule has 0 saturated heterocycles. The summed E-state index contributed by atoms with van der Waals surface area (Å²) in [5.41, 5.74) is 1.38. The second-order valence-electron chi connectivity index (χ2n) is 4.24. The molecule has 0 aliphatic carbocycles. The van der Waals surface area contributed by atoms with Crippen molar-refractivity contribution in [1.82, 2.24) is 5.32 Å². The molecule has 0 heterocycles. The molecule has 0 aliphatic heterocycles. The zero-order valence-corrected chi connectivity index (χ0v) is 11.1. The molecule has 4 nitrogen and oxygen atoms in total. The summed E-state index contributed by atoms with van der Waals surface area (Å²) in [7, 11) is 0. The van der Waals surface area contributed by atoms with E-state index in [1.54, 1.807) is 12.1 Å². The Morgan fingerprint density at radius 2 is 1.75 bits per heavy atom. The van der Waals surface area contributed by atoms with Crippen LogP contribution in [0.2, 0.25) is 0 Å². The van der Waals surface area contributed by atoms with Crippen molar-refractivity contribution in [2.24, 2.45) is 0 Å². The minimum Gasteiger partial charge on any atom is -0.489 e. The number of nitrogens with one attached hydrogen (secondary N) is 1. The maximum atomic E-state index is 12.0. The van der Waals surface area contributed by atoms with Gasteiger partial charge < -0.3 is 15.2 Å². The maximum Gasteiger partial charge on any atom is 0.251 e. The van der Waals surface area contributed by atoms with Gasteiger partial charge in [-0.3, -0.25) is 4.79 Å². The minimum absolute atomic E-state index is 0.0750. The summed E-state index contributed by atoms with van der Waals surface area (Å²) >= 11 is 0. The lowest BCUT2D eigenvalue weighted by molar-refractivity contribution is 0.0942. The van der Waals surface area contributed by atoms with E-state index >= 15 is 0 Å². The number of rotatable bonds is 6. The highest BCUT2D eigenvalue weighted by molar-refractivity contribution is 5.95. The van der Waals surface area contributed by atoms with Gasteiger partial charge in [0.1, 0.15) is 12.4 Å². The molecule has 0 unspecified atom stereocenters. The van der Waals surface area contributed by atoms with Crippen LogP contribution in [0.1, 0.15) is 15.9 Å². The quantitative estimate of drug-likeness (QED) is 0.844. The summed E-state index contributed by atoms with van der Waals surface area (Å²) in [6.07, 6.45) is 0. The fourth-order valence-corrected chi connectivity index (χ4v) is 1.81. The molecule has 2 rings (SSSR count). The number of hydrogen-bond donors (Lipinski definition) is 2. The molecule has 0 atom stereocenters. The summed E-state index contributed by atoms with van der Waals surface area (Å²) < 4.78 is 5.66. The second kappa shape index (κ2) is 7.31. The van der Waals surface area contributed by atoms with Gasteiger partial charge in [0, 0.05) is 17.7 Å². The lowest BCUT2D eigenvalue weighted by Gasteiger charge is -2.11. The Labute approximate surface area is 118 Å². The molecule has 0 radical (unpaired) electrons. The lowest BCUT2D eigenvalue weighted by atomic mass is 10.1. The molecule has 2 aromatic rings. The van der Waals surface area contributed by atoms with Crippen molar-refractivity contribution in [3.05, 3.63) is 65.7 Å². The molecule has 0 fully saturated rings. The number of aliphatic hydroxyl groups is 1. The number of hydrogen-bond acceptors (Lipinski definition) is 3. The van der Waals surface area contributed by atoms with E-state index in [0.29, 0.717) is 12.2 Å². The first-order valence-electron chi connectivity index (χ1n) is 6.46. The number of benzene rings is 2. The molecule has 1 amide bonds. The largest absolute Gasteiger partial charge is 0.489 e. The fourth-order valence-electron chi connectivity index (χ4n) is 1.81. The molecular weight excluding hydrogens is 254 g/mol. The highest BCUT2D eigenvalue weighted by Crippen LogP contribution is 2.14. The summed E-state index contributed by atoms with van der Waals surface area (Å²) in [4.78, 5) is 12.0. The monoisotopic (exact) mass is 271 g/mol. The Hall–Kier alpha value is -2.33. The fraction of sp³-hybridized carbons (Fsp3) is 0.188. The third kappa shape index (κ3) is 3.83. The highest BCUT2D eigenvalue weighted by Gasteiger charge is 2.10. The first-order valence-corrected chi connectivity index (χ1v) is 6.46. The van der Waals surface area contributed by atoms with E-state index in [2.05, 4.69) is 5.32 Å². The molecule has 2 aromatic carbocycles. The van der Waals surface area contributed by atoms with Crippen LogP contribution >= 0.6 is 0 Å². The Kier molecular flexibility index (Phi) is 5.15. The van der Waals surface area contributed by atoms with Crippen molar-refractivity contribution in [2.45, 2.75) is 6.61 Å². The van der Waals surface area contributed by atoms with Gasteiger partial charge in [-0.05, 0) is 18.2 Å². The third-order valence-electron chi connectivity index (χ3n) is 2.80. The molecular formula is C16H17NO3. The number of para-hydroxylation sites is 1. The molecule has 0 aromatic heterocycles. The van der Waals surface area contributed by atoms with Crippen LogP contribution in [0, 0.1) is 0 Å². The van der Waals surface area contributed by atoms with Crippen molar-refractivity contribution in [3.63, 3.8) is 0 Å². The van der Waals surface area contributed by atoms with Crippen LogP contribution in [0.4, 0.5) is 0 Å². The van der Waals surface area contributed by atoms with Crippen LogP contribution in [-0.2, 0) is 6.61 Å². The van der Waals surface area contributed by atoms with E-state index in [9.17, 15) is 4.79 Å². The van der Waals surface area contributed by atoms with Crippen LogP contribution < -0.4 is 10.1 Å². The second-order valence-corrected chi connectivity index (χ2v) is 4.24. The molecule has 2 N–H and O–H groups in total. The summed E-state index contributed by atoms with van der Waals surface area (Å²) in [5.74, 6) is 0.560. The van der Waals surface area contributed by atoms with E-state index in [1.165, 1.54) is 0 Å². The Morgan fingerprint density at radius 1 is 1.05 bits per heavy atom. The molecule has 0 bridgehead atoms. The molecule has 0 aliphatic rings. The van der Waals surface area contributed by atoms with Crippen LogP contribution in [0.3, 0.4) is 0 Å². The average Bonchev–Trinajstić information content (AvgIpc) is 2.52. The lowest BCUT2D eigenvalue weighted by Crippen LogP contribution is -2.27. The van der Waals surface area contributed by atoms with Crippen LogP contribution in [0.15, 0.2) is 54.6 Å². The third-order valence-corrected chi connectivity index (χ3v) is 2.80.